The molecule has 0 bridgehead atoms. The van der Waals surface area contributed by atoms with E-state index >= 15 is 0 Å². The van der Waals surface area contributed by atoms with Crippen molar-refractivity contribution < 1.29 is 4.79 Å². The maximum Gasteiger partial charge on any atom is 0.163 e. The van der Waals surface area contributed by atoms with Crippen LogP contribution in [0.3, 0.4) is 0 Å². The van der Waals surface area contributed by atoms with Gasteiger partial charge in [-0.3, -0.25) is 4.79 Å². The normalized spacial score (nSPS) is 15.7. The van der Waals surface area contributed by atoms with E-state index in [-0.39, 0.29) is 0 Å². The van der Waals surface area contributed by atoms with Gasteiger partial charge in [-0.25, -0.2) is 0 Å². The number of carbonyl (C=O) groups is 1. The van der Waals surface area contributed by atoms with Crippen LogP contribution in [0.25, 0.3) is 0 Å². The van der Waals surface area contributed by atoms with Gasteiger partial charge >= 0.3 is 0 Å². The van der Waals surface area contributed by atoms with Gasteiger partial charge in [0.05, 0.1) is 0 Å². The summed E-state index contributed by atoms with van der Waals surface area (Å²) in [4.78, 5) is 11.5. The number of Topliss-reactive ketones (excluding diaryl/α,β-unsaturated/α-hetero) is 1. The Morgan fingerprint density at radius 2 is 2.08 bits per heavy atom. The highest BCUT2D eigenvalue weighted by molar-refractivity contribution is 14.1. The summed E-state index contributed by atoms with van der Waals surface area (Å²) in [6.45, 7) is 2.11. The van der Waals surface area contributed by atoms with Crippen LogP contribution >= 0.6 is 22.6 Å². The fourth-order valence-corrected chi connectivity index (χ4v) is 2.38. The SMILES string of the molecule is Cc1c(I)ccc2c1CCCC2=O. The van der Waals surface area contributed by atoms with Crippen LogP contribution < -0.4 is 0 Å². The fourth-order valence-electron chi connectivity index (χ4n) is 1.87. The lowest BCUT2D eigenvalue weighted by Crippen LogP contribution is -2.12. The molecule has 0 aliphatic heterocycles. The summed E-state index contributed by atoms with van der Waals surface area (Å²) < 4.78 is 1.27. The van der Waals surface area contributed by atoms with E-state index in [1.54, 1.807) is 0 Å². The van der Waals surface area contributed by atoms with Crippen molar-refractivity contribution in [1.82, 2.24) is 0 Å². The summed E-state index contributed by atoms with van der Waals surface area (Å²) in [6, 6.07) is 4.02. The third-order valence-corrected chi connectivity index (χ3v) is 3.83. The number of carbonyl (C=O) groups excluding carboxylic acids is 1. The van der Waals surface area contributed by atoms with Gasteiger partial charge in [-0.1, -0.05) is 6.07 Å². The molecule has 1 aliphatic carbocycles. The van der Waals surface area contributed by atoms with Crippen LogP contribution in [-0.4, -0.2) is 5.78 Å². The maximum absolute atomic E-state index is 11.5. The van der Waals surface area contributed by atoms with E-state index in [2.05, 4.69) is 29.5 Å². The van der Waals surface area contributed by atoms with Gasteiger partial charge in [0, 0.05) is 15.6 Å². The number of ketones is 1. The van der Waals surface area contributed by atoms with E-state index in [1.807, 2.05) is 12.1 Å². The minimum absolute atomic E-state index is 0.320. The van der Waals surface area contributed by atoms with Gasteiger partial charge < -0.3 is 0 Å². The molecule has 13 heavy (non-hydrogen) atoms. The van der Waals surface area contributed by atoms with Crippen LogP contribution in [0.15, 0.2) is 12.1 Å². The molecule has 0 fully saturated rings. The van der Waals surface area contributed by atoms with Gasteiger partial charge in [-0.05, 0) is 59.5 Å². The number of rotatable bonds is 0. The minimum atomic E-state index is 0.320. The molecule has 2 heteroatoms. The lowest BCUT2D eigenvalue weighted by Gasteiger charge is -2.17. The summed E-state index contributed by atoms with van der Waals surface area (Å²) in [5.74, 6) is 0.320. The summed E-state index contributed by atoms with van der Waals surface area (Å²) in [5.41, 5.74) is 3.54. The summed E-state index contributed by atoms with van der Waals surface area (Å²) in [5, 5.41) is 0. The number of hydrogen-bond acceptors (Lipinski definition) is 1. The zero-order valence-corrected chi connectivity index (χ0v) is 9.72. The van der Waals surface area contributed by atoms with Crippen molar-refractivity contribution in [3.05, 3.63) is 32.4 Å². The molecule has 0 heterocycles. The van der Waals surface area contributed by atoms with Crippen LogP contribution in [0.1, 0.15) is 34.3 Å². The Kier molecular flexibility index (Phi) is 2.41. The molecular formula is C11H11IO. The standard InChI is InChI=1S/C11H11IO/c1-7-8-3-2-4-11(13)9(8)5-6-10(7)12/h5-6H,2-4H2,1H3. The van der Waals surface area contributed by atoms with Crippen molar-refractivity contribution >= 4 is 28.4 Å². The Balaban J connectivity index is 2.63. The molecule has 0 unspecified atom stereocenters. The second-order valence-electron chi connectivity index (χ2n) is 3.48. The summed E-state index contributed by atoms with van der Waals surface area (Å²) in [6.07, 6.45) is 2.82. The molecule has 1 aromatic carbocycles. The Hall–Kier alpha value is -0.380. The number of fused-ring (bicyclic) bond motifs is 1. The van der Waals surface area contributed by atoms with E-state index in [0.717, 1.165) is 24.8 Å². The first-order valence-corrected chi connectivity index (χ1v) is 5.59. The first-order valence-electron chi connectivity index (χ1n) is 4.51. The van der Waals surface area contributed by atoms with E-state index in [4.69, 9.17) is 0 Å². The Labute approximate surface area is 91.7 Å². The van der Waals surface area contributed by atoms with Gasteiger partial charge in [0.2, 0.25) is 0 Å². The first-order chi connectivity index (χ1) is 6.20. The van der Waals surface area contributed by atoms with Gasteiger partial charge in [-0.2, -0.15) is 0 Å². The smallest absolute Gasteiger partial charge is 0.163 e. The molecule has 0 atom stereocenters. The van der Waals surface area contributed by atoms with E-state index in [0.29, 0.717) is 5.78 Å². The molecule has 1 aliphatic rings. The monoisotopic (exact) mass is 286 g/mol. The van der Waals surface area contributed by atoms with E-state index in [1.165, 1.54) is 14.7 Å². The molecule has 0 saturated carbocycles. The minimum Gasteiger partial charge on any atom is -0.294 e. The zero-order chi connectivity index (χ0) is 9.42. The van der Waals surface area contributed by atoms with Crippen LogP contribution in [0, 0.1) is 10.5 Å². The molecule has 1 aromatic rings. The lowest BCUT2D eigenvalue weighted by molar-refractivity contribution is 0.0972. The molecule has 0 N–H and O–H groups in total. The summed E-state index contributed by atoms with van der Waals surface area (Å²) in [7, 11) is 0. The van der Waals surface area contributed by atoms with Crippen molar-refractivity contribution in [2.75, 3.05) is 0 Å². The molecule has 0 aromatic heterocycles. The second kappa shape index (κ2) is 3.40. The third-order valence-electron chi connectivity index (χ3n) is 2.66. The Morgan fingerprint density at radius 1 is 1.31 bits per heavy atom. The van der Waals surface area contributed by atoms with Gasteiger partial charge in [0.1, 0.15) is 0 Å². The Morgan fingerprint density at radius 3 is 2.85 bits per heavy atom. The number of hydrogen-bond donors (Lipinski definition) is 0. The van der Waals surface area contributed by atoms with Crippen LogP contribution in [0.5, 0.6) is 0 Å². The third kappa shape index (κ3) is 1.52. The average molecular weight is 286 g/mol. The van der Waals surface area contributed by atoms with Gasteiger partial charge in [0.25, 0.3) is 0 Å². The molecule has 68 valence electrons. The topological polar surface area (TPSA) is 17.1 Å². The largest absolute Gasteiger partial charge is 0.294 e. The van der Waals surface area contributed by atoms with Gasteiger partial charge in [-0.15, -0.1) is 0 Å². The van der Waals surface area contributed by atoms with Crippen LogP contribution in [0.2, 0.25) is 0 Å². The van der Waals surface area contributed by atoms with Crippen molar-refractivity contribution in [3.8, 4) is 0 Å². The molecular weight excluding hydrogens is 275 g/mol. The van der Waals surface area contributed by atoms with Crippen molar-refractivity contribution in [1.29, 1.82) is 0 Å². The zero-order valence-electron chi connectivity index (χ0n) is 7.56. The number of benzene rings is 1. The maximum atomic E-state index is 11.5. The first kappa shape index (κ1) is 9.19. The fraction of sp³-hybridized carbons (Fsp3) is 0.364. The molecule has 0 radical (unpaired) electrons. The van der Waals surface area contributed by atoms with Gasteiger partial charge in [0.15, 0.2) is 5.78 Å². The molecule has 0 saturated heterocycles. The van der Waals surface area contributed by atoms with E-state index in [9.17, 15) is 4.79 Å². The summed E-state index contributed by atoms with van der Waals surface area (Å²) >= 11 is 2.33. The number of halogens is 1. The predicted octanol–water partition coefficient (Wildman–Crippen LogP) is 3.12. The van der Waals surface area contributed by atoms with Crippen LogP contribution in [0.4, 0.5) is 0 Å². The second-order valence-corrected chi connectivity index (χ2v) is 4.64. The molecule has 2 rings (SSSR count). The molecule has 1 nitrogen and oxygen atoms in total. The van der Waals surface area contributed by atoms with Crippen molar-refractivity contribution in [2.24, 2.45) is 0 Å². The quantitative estimate of drug-likeness (QED) is 0.670. The lowest BCUT2D eigenvalue weighted by atomic mass is 9.88. The highest BCUT2D eigenvalue weighted by Gasteiger charge is 2.18. The van der Waals surface area contributed by atoms with Crippen molar-refractivity contribution in [2.45, 2.75) is 26.2 Å². The average Bonchev–Trinajstić information content (AvgIpc) is 2.12. The molecule has 0 amide bonds. The van der Waals surface area contributed by atoms with Crippen LogP contribution in [-0.2, 0) is 6.42 Å². The highest BCUT2D eigenvalue weighted by Crippen LogP contribution is 2.26. The predicted molar refractivity (Wildman–Crippen MR) is 61.2 cm³/mol. The highest BCUT2D eigenvalue weighted by atomic mass is 127. The van der Waals surface area contributed by atoms with E-state index < -0.39 is 0 Å². The van der Waals surface area contributed by atoms with Crippen molar-refractivity contribution in [3.63, 3.8) is 0 Å². The molecule has 0 spiro atoms. The Bertz CT molecular complexity index is 369.